The molecule has 0 fully saturated rings. The Morgan fingerprint density at radius 2 is 1.82 bits per heavy atom. The maximum Gasteiger partial charge on any atom is 0.335 e. The van der Waals surface area contributed by atoms with Crippen molar-refractivity contribution in [3.8, 4) is 11.3 Å². The molecule has 0 unspecified atom stereocenters. The summed E-state index contributed by atoms with van der Waals surface area (Å²) in [6.45, 7) is 0.529. The lowest BCUT2D eigenvalue weighted by atomic mass is 10.1. The molecule has 4 heterocycles. The van der Waals surface area contributed by atoms with Gasteiger partial charge in [-0.05, 0) is 48.4 Å². The van der Waals surface area contributed by atoms with Gasteiger partial charge in [-0.2, -0.15) is 0 Å². The van der Waals surface area contributed by atoms with Crippen molar-refractivity contribution >= 4 is 34.2 Å². The molecule has 3 aromatic heterocycles. The number of carboxylic acid groups (broad SMARTS) is 1. The van der Waals surface area contributed by atoms with Crippen molar-refractivity contribution < 1.29 is 9.90 Å². The van der Waals surface area contributed by atoms with Crippen LogP contribution in [0.2, 0.25) is 0 Å². The molecule has 0 radical (unpaired) electrons. The van der Waals surface area contributed by atoms with Crippen LogP contribution in [0.3, 0.4) is 0 Å². The van der Waals surface area contributed by atoms with Gasteiger partial charge in [0.2, 0.25) is 0 Å². The summed E-state index contributed by atoms with van der Waals surface area (Å²) < 4.78 is 3.69. The predicted octanol–water partition coefficient (Wildman–Crippen LogP) is 4.35. The largest absolute Gasteiger partial charge is 0.478 e. The van der Waals surface area contributed by atoms with E-state index < -0.39 is 5.97 Å². The van der Waals surface area contributed by atoms with Gasteiger partial charge in [0.05, 0.1) is 27.9 Å². The quantitative estimate of drug-likeness (QED) is 0.456. The van der Waals surface area contributed by atoms with Crippen LogP contribution in [0, 0.1) is 0 Å². The van der Waals surface area contributed by atoms with Gasteiger partial charge in [0, 0.05) is 18.3 Å². The molecule has 5 aromatic rings. The highest BCUT2D eigenvalue weighted by Gasteiger charge is 2.23. The summed E-state index contributed by atoms with van der Waals surface area (Å²) in [6, 6.07) is 20.3. The monoisotopic (exact) mass is 434 g/mol. The molecule has 0 bridgehead atoms. The molecule has 7 heteroatoms. The van der Waals surface area contributed by atoms with Gasteiger partial charge >= 0.3 is 5.97 Å². The van der Waals surface area contributed by atoms with Crippen LogP contribution in [-0.4, -0.2) is 30.0 Å². The Morgan fingerprint density at radius 1 is 1.00 bits per heavy atom. The highest BCUT2D eigenvalue weighted by molar-refractivity contribution is 5.94. The van der Waals surface area contributed by atoms with E-state index >= 15 is 0 Å². The number of fused-ring (bicyclic) bond motifs is 3. The second-order valence-corrected chi connectivity index (χ2v) is 7.99. The van der Waals surface area contributed by atoms with E-state index in [-0.39, 0.29) is 11.1 Å². The van der Waals surface area contributed by atoms with Crippen molar-refractivity contribution in [2.45, 2.75) is 13.0 Å². The van der Waals surface area contributed by atoms with Crippen LogP contribution in [0.5, 0.6) is 0 Å². The molecule has 7 nitrogen and oxygen atoms in total. The zero-order valence-corrected chi connectivity index (χ0v) is 17.5. The van der Waals surface area contributed by atoms with Crippen molar-refractivity contribution in [1.29, 1.82) is 0 Å². The number of benzene rings is 2. The zero-order valence-electron chi connectivity index (χ0n) is 17.5. The number of carbonyl (C=O) groups is 1. The Balaban J connectivity index is 1.58. The number of pyridine rings is 1. The molecule has 0 atom stereocenters. The van der Waals surface area contributed by atoms with Crippen LogP contribution in [0.4, 0.5) is 0 Å². The number of allylic oxidation sites excluding steroid dienone is 1. The number of hydrogen-bond acceptors (Lipinski definition) is 4. The lowest BCUT2D eigenvalue weighted by Crippen LogP contribution is -2.21. The first kappa shape index (κ1) is 19.2. The first-order valence-corrected chi connectivity index (χ1v) is 10.6. The third-order valence-corrected chi connectivity index (χ3v) is 6.02. The Labute approximate surface area is 187 Å². The van der Waals surface area contributed by atoms with Crippen molar-refractivity contribution in [1.82, 2.24) is 18.9 Å². The fraction of sp³-hybridized carbons (Fsp3) is 0.0769. The summed E-state index contributed by atoms with van der Waals surface area (Å²) in [4.78, 5) is 34.0. The number of carboxylic acids is 1. The molecule has 1 N–H and O–H groups in total. The molecular formula is C26H18N4O3. The molecule has 160 valence electrons. The highest BCUT2D eigenvalue weighted by Crippen LogP contribution is 2.32. The first-order valence-electron chi connectivity index (χ1n) is 10.6. The molecule has 0 saturated carbocycles. The third kappa shape index (κ3) is 3.05. The molecule has 0 saturated heterocycles. The van der Waals surface area contributed by atoms with Crippen LogP contribution < -0.4 is 5.56 Å². The van der Waals surface area contributed by atoms with Crippen LogP contribution in [0.15, 0.2) is 77.7 Å². The van der Waals surface area contributed by atoms with Crippen molar-refractivity contribution in [2.24, 2.45) is 0 Å². The van der Waals surface area contributed by atoms with Gasteiger partial charge in [-0.15, -0.1) is 0 Å². The maximum absolute atomic E-state index is 13.1. The molecule has 33 heavy (non-hydrogen) atoms. The van der Waals surface area contributed by atoms with E-state index in [1.807, 2.05) is 65.2 Å². The van der Waals surface area contributed by atoms with E-state index in [2.05, 4.69) is 0 Å². The number of imidazole rings is 1. The number of aromatic nitrogens is 4. The zero-order chi connectivity index (χ0) is 22.5. The van der Waals surface area contributed by atoms with Gasteiger partial charge < -0.3 is 5.11 Å². The fourth-order valence-electron chi connectivity index (χ4n) is 4.41. The standard InChI is InChI=1S/C26H18N4O3/c31-25-19-10-9-18(26(32)33)14-20(19)27-24-17(11-13-30(24)25)15-21-23(16-6-2-1-3-7-16)28-22-8-4-5-12-29(21)22/h1-10,12,14-15H,11,13H2,(H,32,33)/b17-15+. The van der Waals surface area contributed by atoms with Crippen LogP contribution in [-0.2, 0) is 6.54 Å². The summed E-state index contributed by atoms with van der Waals surface area (Å²) in [5.74, 6) is -0.478. The van der Waals surface area contributed by atoms with Gasteiger partial charge in [0.25, 0.3) is 5.56 Å². The van der Waals surface area contributed by atoms with Gasteiger partial charge in [0.15, 0.2) is 0 Å². The Kier molecular flexibility index (Phi) is 4.23. The van der Waals surface area contributed by atoms with Crippen molar-refractivity contribution in [3.05, 3.63) is 100 Å². The van der Waals surface area contributed by atoms with Gasteiger partial charge in [-0.25, -0.2) is 14.8 Å². The topological polar surface area (TPSA) is 89.5 Å². The van der Waals surface area contributed by atoms with Gasteiger partial charge in [-0.3, -0.25) is 13.8 Å². The molecule has 0 aliphatic carbocycles. The lowest BCUT2D eigenvalue weighted by molar-refractivity contribution is 0.0697. The van der Waals surface area contributed by atoms with Crippen LogP contribution in [0.1, 0.15) is 28.3 Å². The van der Waals surface area contributed by atoms with E-state index in [1.165, 1.54) is 12.1 Å². The molecular weight excluding hydrogens is 416 g/mol. The van der Waals surface area contributed by atoms with Crippen LogP contribution >= 0.6 is 0 Å². The van der Waals surface area contributed by atoms with E-state index in [1.54, 1.807) is 10.6 Å². The fourth-order valence-corrected chi connectivity index (χ4v) is 4.41. The number of hydrogen-bond donors (Lipinski definition) is 1. The minimum atomic E-state index is -1.05. The minimum absolute atomic E-state index is 0.107. The maximum atomic E-state index is 13.1. The van der Waals surface area contributed by atoms with E-state index in [0.717, 1.165) is 28.2 Å². The number of nitrogens with zero attached hydrogens (tertiary/aromatic N) is 4. The third-order valence-electron chi connectivity index (χ3n) is 6.02. The average molecular weight is 434 g/mol. The van der Waals surface area contributed by atoms with E-state index in [0.29, 0.717) is 29.7 Å². The second kappa shape index (κ2) is 7.27. The molecule has 0 amide bonds. The van der Waals surface area contributed by atoms with Gasteiger partial charge in [0.1, 0.15) is 11.5 Å². The smallest absolute Gasteiger partial charge is 0.335 e. The average Bonchev–Trinajstić information content (AvgIpc) is 3.41. The summed E-state index contributed by atoms with van der Waals surface area (Å²) in [5.41, 5.74) is 4.85. The summed E-state index contributed by atoms with van der Waals surface area (Å²) in [7, 11) is 0. The predicted molar refractivity (Wildman–Crippen MR) is 126 cm³/mol. The first-order chi connectivity index (χ1) is 16.1. The van der Waals surface area contributed by atoms with Crippen molar-refractivity contribution in [3.63, 3.8) is 0 Å². The molecule has 6 rings (SSSR count). The molecule has 1 aliphatic heterocycles. The minimum Gasteiger partial charge on any atom is -0.478 e. The highest BCUT2D eigenvalue weighted by atomic mass is 16.4. The van der Waals surface area contributed by atoms with E-state index in [4.69, 9.17) is 9.97 Å². The normalized spacial score (nSPS) is 14.2. The Hall–Kier alpha value is -4.52. The summed E-state index contributed by atoms with van der Waals surface area (Å²) >= 11 is 0. The molecule has 2 aromatic carbocycles. The number of aromatic carboxylic acids is 1. The SMILES string of the molecule is O=C(O)c1ccc2c(=O)n3c(nc2c1)/C(=C/c1c(-c2ccccc2)nc2ccccn12)CC3. The Morgan fingerprint density at radius 3 is 2.64 bits per heavy atom. The summed E-state index contributed by atoms with van der Waals surface area (Å²) in [5, 5.41) is 9.76. The molecule has 0 spiro atoms. The van der Waals surface area contributed by atoms with Crippen LogP contribution in [0.25, 0.3) is 39.5 Å². The van der Waals surface area contributed by atoms with Gasteiger partial charge in [-0.1, -0.05) is 36.4 Å². The van der Waals surface area contributed by atoms with Crippen molar-refractivity contribution in [2.75, 3.05) is 0 Å². The molecule has 1 aliphatic rings. The van der Waals surface area contributed by atoms with E-state index in [9.17, 15) is 14.7 Å². The lowest BCUT2D eigenvalue weighted by Gasteiger charge is -2.07. The Bertz CT molecular complexity index is 1660. The second-order valence-electron chi connectivity index (χ2n) is 7.99. The summed E-state index contributed by atoms with van der Waals surface area (Å²) in [6.07, 6.45) is 4.66. The number of rotatable bonds is 3.